The van der Waals surface area contributed by atoms with E-state index >= 15 is 0 Å². The zero-order chi connectivity index (χ0) is 16.6. The van der Waals surface area contributed by atoms with Crippen LogP contribution in [0.1, 0.15) is 38.1 Å². The minimum Gasteiger partial charge on any atom is -0.387 e. The quantitative estimate of drug-likeness (QED) is 0.749. The first-order valence-electron chi connectivity index (χ1n) is 7.37. The summed E-state index contributed by atoms with van der Waals surface area (Å²) in [5, 5.41) is 19.2. The Morgan fingerprint density at radius 3 is 2.61 bits per heavy atom. The van der Waals surface area contributed by atoms with Crippen molar-refractivity contribution in [3.8, 4) is 0 Å². The number of hydrogen-bond acceptors (Lipinski definition) is 5. The summed E-state index contributed by atoms with van der Waals surface area (Å²) in [4.78, 5) is 5.45. The second-order valence-electron chi connectivity index (χ2n) is 6.46. The number of nitrogens with one attached hydrogen (secondary N) is 1. The van der Waals surface area contributed by atoms with E-state index in [-0.39, 0.29) is 5.41 Å². The van der Waals surface area contributed by atoms with E-state index in [9.17, 15) is 5.11 Å². The molecule has 2 heterocycles. The Bertz CT molecular complexity index is 772. The molecule has 0 aliphatic rings. The molecule has 3 rings (SSSR count). The fraction of sp³-hybridized carbons (Fsp3) is 0.375. The third kappa shape index (κ3) is 3.65. The van der Waals surface area contributed by atoms with Crippen molar-refractivity contribution in [2.24, 2.45) is 0 Å². The van der Waals surface area contributed by atoms with Crippen LogP contribution in [-0.4, -0.2) is 26.2 Å². The molecule has 0 aliphatic carbocycles. The number of benzene rings is 1. The van der Waals surface area contributed by atoms with Crippen LogP contribution < -0.4 is 5.32 Å². The summed E-state index contributed by atoms with van der Waals surface area (Å²) < 4.78 is 1.78. The zero-order valence-electron chi connectivity index (χ0n) is 13.2. The van der Waals surface area contributed by atoms with Crippen LogP contribution in [0.15, 0.2) is 30.5 Å². The summed E-state index contributed by atoms with van der Waals surface area (Å²) in [7, 11) is 0. The summed E-state index contributed by atoms with van der Waals surface area (Å²) >= 11 is 7.32. The average molecular weight is 351 g/mol. The van der Waals surface area contributed by atoms with Gasteiger partial charge in [0, 0.05) is 17.0 Å². The zero-order valence-corrected chi connectivity index (χ0v) is 14.8. The topological polar surface area (TPSA) is 62.5 Å². The van der Waals surface area contributed by atoms with E-state index in [2.05, 4.69) is 36.2 Å². The molecule has 2 N–H and O–H groups in total. The maximum atomic E-state index is 10.2. The molecule has 0 bridgehead atoms. The first-order valence-corrected chi connectivity index (χ1v) is 8.56. The molecule has 1 atom stereocenters. The molecule has 0 spiro atoms. The van der Waals surface area contributed by atoms with Gasteiger partial charge in [-0.1, -0.05) is 55.8 Å². The summed E-state index contributed by atoms with van der Waals surface area (Å²) in [6.45, 7) is 6.76. The lowest BCUT2D eigenvalue weighted by molar-refractivity contribution is 0.191. The smallest absolute Gasteiger partial charge is 0.214 e. The summed E-state index contributed by atoms with van der Waals surface area (Å²) in [6, 6.07) is 7.18. The molecule has 7 heteroatoms. The highest BCUT2D eigenvalue weighted by Gasteiger charge is 2.19. The number of imidazole rings is 1. The molecule has 23 heavy (non-hydrogen) atoms. The number of anilines is 1. The van der Waals surface area contributed by atoms with Crippen molar-refractivity contribution in [1.29, 1.82) is 0 Å². The van der Waals surface area contributed by atoms with Gasteiger partial charge in [0.2, 0.25) is 10.1 Å². The molecule has 0 saturated carbocycles. The molecule has 2 aromatic heterocycles. The molecule has 0 saturated heterocycles. The van der Waals surface area contributed by atoms with Gasteiger partial charge in [0.1, 0.15) is 0 Å². The largest absolute Gasteiger partial charge is 0.387 e. The number of aromatic nitrogens is 3. The predicted octanol–water partition coefficient (Wildman–Crippen LogP) is 3.89. The van der Waals surface area contributed by atoms with Gasteiger partial charge in [-0.25, -0.2) is 9.50 Å². The van der Waals surface area contributed by atoms with Crippen molar-refractivity contribution in [2.75, 3.05) is 11.9 Å². The number of fused-ring (bicyclic) bond motifs is 1. The van der Waals surface area contributed by atoms with Gasteiger partial charge in [-0.2, -0.15) is 0 Å². The lowest BCUT2D eigenvalue weighted by Crippen LogP contribution is -2.12. The minimum absolute atomic E-state index is 0.00574. The third-order valence-electron chi connectivity index (χ3n) is 3.51. The van der Waals surface area contributed by atoms with E-state index in [1.54, 1.807) is 16.6 Å². The fourth-order valence-electron chi connectivity index (χ4n) is 2.12. The number of rotatable bonds is 4. The van der Waals surface area contributed by atoms with Gasteiger partial charge in [0.25, 0.3) is 0 Å². The molecule has 0 fully saturated rings. The van der Waals surface area contributed by atoms with Crippen molar-refractivity contribution in [1.82, 2.24) is 14.6 Å². The van der Waals surface area contributed by atoms with E-state index in [0.29, 0.717) is 11.6 Å². The van der Waals surface area contributed by atoms with Gasteiger partial charge in [0.05, 0.1) is 18.0 Å². The molecule has 0 amide bonds. The monoisotopic (exact) mass is 350 g/mol. The van der Waals surface area contributed by atoms with Crippen molar-refractivity contribution in [3.63, 3.8) is 0 Å². The van der Waals surface area contributed by atoms with Gasteiger partial charge >= 0.3 is 0 Å². The second-order valence-corrected chi connectivity index (χ2v) is 7.85. The van der Waals surface area contributed by atoms with Crippen LogP contribution in [0.4, 0.5) is 5.13 Å². The Kier molecular flexibility index (Phi) is 4.31. The minimum atomic E-state index is -0.617. The molecule has 122 valence electrons. The van der Waals surface area contributed by atoms with Crippen molar-refractivity contribution < 1.29 is 5.11 Å². The van der Waals surface area contributed by atoms with Crippen LogP contribution in [0.25, 0.3) is 4.96 Å². The first kappa shape index (κ1) is 16.2. The Balaban J connectivity index is 1.67. The van der Waals surface area contributed by atoms with Crippen LogP contribution >= 0.6 is 22.9 Å². The van der Waals surface area contributed by atoms with E-state index in [1.165, 1.54) is 11.3 Å². The Morgan fingerprint density at radius 1 is 1.30 bits per heavy atom. The van der Waals surface area contributed by atoms with Crippen LogP contribution in [0, 0.1) is 0 Å². The SMILES string of the molecule is CC(C)(C)c1cn2nc(NC[C@H](O)c3ccc(Cl)cc3)sc2n1. The number of halogens is 1. The van der Waals surface area contributed by atoms with Crippen LogP contribution in [0.5, 0.6) is 0 Å². The van der Waals surface area contributed by atoms with Gasteiger partial charge in [-0.15, -0.1) is 5.10 Å². The number of nitrogens with zero attached hydrogens (tertiary/aromatic N) is 3. The van der Waals surface area contributed by atoms with Crippen molar-refractivity contribution in [2.45, 2.75) is 32.3 Å². The Labute approximate surface area is 143 Å². The molecule has 0 aliphatic heterocycles. The van der Waals surface area contributed by atoms with Gasteiger partial charge in [-0.05, 0) is 17.7 Å². The van der Waals surface area contributed by atoms with E-state index in [0.717, 1.165) is 21.3 Å². The number of hydrogen-bond donors (Lipinski definition) is 2. The van der Waals surface area contributed by atoms with Gasteiger partial charge in [0.15, 0.2) is 0 Å². The molecule has 0 unspecified atom stereocenters. The van der Waals surface area contributed by atoms with Crippen LogP contribution in [0.2, 0.25) is 5.02 Å². The third-order valence-corrected chi connectivity index (χ3v) is 4.65. The van der Waals surface area contributed by atoms with Crippen molar-refractivity contribution >= 4 is 33.0 Å². The predicted molar refractivity (Wildman–Crippen MR) is 94.5 cm³/mol. The van der Waals surface area contributed by atoms with Crippen LogP contribution in [0.3, 0.4) is 0 Å². The van der Waals surface area contributed by atoms with E-state index in [1.807, 2.05) is 18.3 Å². The number of aliphatic hydroxyl groups is 1. The normalized spacial score (nSPS) is 13.4. The lowest BCUT2D eigenvalue weighted by Gasteiger charge is -2.13. The summed E-state index contributed by atoms with van der Waals surface area (Å²) in [5.74, 6) is 0. The van der Waals surface area contributed by atoms with E-state index in [4.69, 9.17) is 11.6 Å². The highest BCUT2D eigenvalue weighted by Crippen LogP contribution is 2.26. The van der Waals surface area contributed by atoms with Gasteiger partial charge in [-0.3, -0.25) is 0 Å². The molecule has 3 aromatic rings. The first-order chi connectivity index (χ1) is 10.8. The standard InChI is InChI=1S/C16H19ClN4OS/c1-16(2,3)13-9-21-15(19-13)23-14(20-21)18-8-12(22)10-4-6-11(17)7-5-10/h4-7,9,12,22H,8H2,1-3H3,(H,18,20)/t12-/m0/s1. The highest BCUT2D eigenvalue weighted by molar-refractivity contribution is 7.20. The Hall–Kier alpha value is -1.63. The maximum absolute atomic E-state index is 10.2. The molecule has 1 aromatic carbocycles. The summed E-state index contributed by atoms with van der Waals surface area (Å²) in [6.07, 6.45) is 1.33. The Morgan fingerprint density at radius 2 is 2.00 bits per heavy atom. The second kappa shape index (κ2) is 6.11. The van der Waals surface area contributed by atoms with Crippen LogP contribution in [-0.2, 0) is 5.41 Å². The molecule has 5 nitrogen and oxygen atoms in total. The maximum Gasteiger partial charge on any atom is 0.214 e. The van der Waals surface area contributed by atoms with Gasteiger partial charge < -0.3 is 10.4 Å². The van der Waals surface area contributed by atoms with Crippen molar-refractivity contribution in [3.05, 3.63) is 46.7 Å². The summed E-state index contributed by atoms with van der Waals surface area (Å²) in [5.41, 5.74) is 1.84. The number of aliphatic hydroxyl groups excluding tert-OH is 1. The van der Waals surface area contributed by atoms with E-state index < -0.39 is 6.10 Å². The highest BCUT2D eigenvalue weighted by atomic mass is 35.5. The molecular formula is C16H19ClN4OS. The lowest BCUT2D eigenvalue weighted by atomic mass is 9.93. The fourth-order valence-corrected chi connectivity index (χ4v) is 3.03. The molecule has 0 radical (unpaired) electrons. The molecular weight excluding hydrogens is 332 g/mol. The average Bonchev–Trinajstić information content (AvgIpc) is 3.03.